The third-order valence-electron chi connectivity index (χ3n) is 3.42. The van der Waals surface area contributed by atoms with Crippen LogP contribution in [0.25, 0.3) is 0 Å². The number of aliphatic imine (C=N–C) groups is 1. The molecule has 6 nitrogen and oxygen atoms in total. The van der Waals surface area contributed by atoms with Crippen LogP contribution in [0.4, 0.5) is 0 Å². The molecule has 2 rings (SSSR count). The Bertz CT molecular complexity index is 595. The molecule has 0 spiro atoms. The predicted molar refractivity (Wildman–Crippen MR) is 107 cm³/mol. The zero-order valence-electron chi connectivity index (χ0n) is 14.1. The SMILES string of the molecule is CCNC(=NCC(C)c1cccs1)N(C)Cc1ncnn1C.I. The number of guanidine groups is 1. The predicted octanol–water partition coefficient (Wildman–Crippen LogP) is 2.70. The topological polar surface area (TPSA) is 58.3 Å². The summed E-state index contributed by atoms with van der Waals surface area (Å²) < 4.78 is 1.79. The zero-order chi connectivity index (χ0) is 15.9. The van der Waals surface area contributed by atoms with E-state index >= 15 is 0 Å². The van der Waals surface area contributed by atoms with E-state index in [-0.39, 0.29) is 24.0 Å². The molecule has 1 unspecified atom stereocenters. The first-order chi connectivity index (χ1) is 10.6. The third-order valence-corrected chi connectivity index (χ3v) is 4.53. The van der Waals surface area contributed by atoms with Crippen molar-refractivity contribution >= 4 is 41.3 Å². The number of nitrogens with zero attached hydrogens (tertiary/aromatic N) is 5. The second-order valence-corrected chi connectivity index (χ2v) is 6.25. The highest BCUT2D eigenvalue weighted by Crippen LogP contribution is 2.20. The van der Waals surface area contributed by atoms with Gasteiger partial charge in [0.25, 0.3) is 0 Å². The van der Waals surface area contributed by atoms with Gasteiger partial charge >= 0.3 is 0 Å². The van der Waals surface area contributed by atoms with Gasteiger partial charge in [-0.1, -0.05) is 13.0 Å². The number of aryl methyl sites for hydroxylation is 1. The van der Waals surface area contributed by atoms with Crippen LogP contribution in [0.15, 0.2) is 28.8 Å². The Morgan fingerprint density at radius 3 is 2.87 bits per heavy atom. The van der Waals surface area contributed by atoms with E-state index in [4.69, 9.17) is 4.99 Å². The fraction of sp³-hybridized carbons (Fsp3) is 0.533. The molecule has 0 aliphatic rings. The average Bonchev–Trinajstić information content (AvgIpc) is 3.15. The van der Waals surface area contributed by atoms with Gasteiger partial charge in [0.1, 0.15) is 12.2 Å². The van der Waals surface area contributed by atoms with Crippen molar-refractivity contribution in [3.8, 4) is 0 Å². The molecule has 1 N–H and O–H groups in total. The van der Waals surface area contributed by atoms with Crippen molar-refractivity contribution in [1.29, 1.82) is 0 Å². The molecule has 0 saturated carbocycles. The highest BCUT2D eigenvalue weighted by molar-refractivity contribution is 14.0. The maximum atomic E-state index is 4.76. The lowest BCUT2D eigenvalue weighted by Crippen LogP contribution is -2.39. The summed E-state index contributed by atoms with van der Waals surface area (Å²) in [7, 11) is 3.92. The summed E-state index contributed by atoms with van der Waals surface area (Å²) in [4.78, 5) is 12.5. The quantitative estimate of drug-likeness (QED) is 0.420. The Kier molecular flexibility index (Phi) is 8.53. The Labute approximate surface area is 159 Å². The summed E-state index contributed by atoms with van der Waals surface area (Å²) in [5.41, 5.74) is 0. The van der Waals surface area contributed by atoms with Gasteiger partial charge < -0.3 is 10.2 Å². The molecule has 2 aromatic heterocycles. The largest absolute Gasteiger partial charge is 0.357 e. The van der Waals surface area contributed by atoms with E-state index < -0.39 is 0 Å². The fourth-order valence-electron chi connectivity index (χ4n) is 2.11. The lowest BCUT2D eigenvalue weighted by molar-refractivity contribution is 0.448. The normalized spacial score (nSPS) is 12.6. The molecule has 0 aromatic carbocycles. The van der Waals surface area contributed by atoms with Gasteiger partial charge in [0.15, 0.2) is 5.96 Å². The number of rotatable bonds is 6. The third kappa shape index (κ3) is 5.76. The summed E-state index contributed by atoms with van der Waals surface area (Å²) in [6.45, 7) is 6.58. The van der Waals surface area contributed by atoms with E-state index in [0.29, 0.717) is 12.5 Å². The highest BCUT2D eigenvalue weighted by atomic mass is 127. The molecule has 2 heterocycles. The number of hydrogen-bond acceptors (Lipinski definition) is 4. The lowest BCUT2D eigenvalue weighted by atomic mass is 10.1. The summed E-state index contributed by atoms with van der Waals surface area (Å²) in [5.74, 6) is 2.24. The molecule has 0 aliphatic carbocycles. The Hall–Kier alpha value is -1.16. The minimum atomic E-state index is 0. The van der Waals surface area contributed by atoms with Gasteiger partial charge in [-0.05, 0) is 18.4 Å². The van der Waals surface area contributed by atoms with E-state index in [1.807, 2.05) is 14.1 Å². The van der Waals surface area contributed by atoms with Crippen molar-refractivity contribution in [2.45, 2.75) is 26.3 Å². The van der Waals surface area contributed by atoms with Crippen LogP contribution in [0.3, 0.4) is 0 Å². The standard InChI is InChI=1S/C15H24N6S.HI/c1-5-16-15(17-9-12(2)13-7-6-8-22-13)20(3)10-14-18-11-19-21(14)4;/h6-8,11-12H,5,9-10H2,1-4H3,(H,16,17);1H. The number of nitrogens with one attached hydrogen (secondary N) is 1. The minimum Gasteiger partial charge on any atom is -0.357 e. The van der Waals surface area contributed by atoms with Gasteiger partial charge in [0.2, 0.25) is 0 Å². The average molecular weight is 448 g/mol. The molecule has 128 valence electrons. The molecule has 2 aromatic rings. The van der Waals surface area contributed by atoms with Gasteiger partial charge in [-0.15, -0.1) is 35.3 Å². The smallest absolute Gasteiger partial charge is 0.194 e. The molecular weight excluding hydrogens is 423 g/mol. The van der Waals surface area contributed by atoms with E-state index in [0.717, 1.165) is 24.9 Å². The summed E-state index contributed by atoms with van der Waals surface area (Å²) >= 11 is 1.79. The van der Waals surface area contributed by atoms with Gasteiger partial charge in [-0.25, -0.2) is 4.98 Å². The highest BCUT2D eigenvalue weighted by Gasteiger charge is 2.11. The number of halogens is 1. The van der Waals surface area contributed by atoms with Crippen LogP contribution in [-0.2, 0) is 13.6 Å². The van der Waals surface area contributed by atoms with Crippen LogP contribution in [0, 0.1) is 0 Å². The molecule has 0 bridgehead atoms. The van der Waals surface area contributed by atoms with Crippen LogP contribution in [0.2, 0.25) is 0 Å². The molecule has 0 radical (unpaired) electrons. The van der Waals surface area contributed by atoms with Crippen LogP contribution in [0.1, 0.15) is 30.5 Å². The van der Waals surface area contributed by atoms with Crippen molar-refractivity contribution in [3.05, 3.63) is 34.5 Å². The number of hydrogen-bond donors (Lipinski definition) is 1. The van der Waals surface area contributed by atoms with Crippen molar-refractivity contribution in [2.24, 2.45) is 12.0 Å². The van der Waals surface area contributed by atoms with Crippen LogP contribution in [-0.4, -0.2) is 45.8 Å². The molecule has 0 fully saturated rings. The Morgan fingerprint density at radius 2 is 2.30 bits per heavy atom. The number of thiophene rings is 1. The molecule has 23 heavy (non-hydrogen) atoms. The second-order valence-electron chi connectivity index (χ2n) is 5.27. The van der Waals surface area contributed by atoms with Crippen LogP contribution in [0.5, 0.6) is 0 Å². The first-order valence-electron chi connectivity index (χ1n) is 7.47. The summed E-state index contributed by atoms with van der Waals surface area (Å²) in [6.07, 6.45) is 1.58. The first kappa shape index (κ1) is 19.9. The zero-order valence-corrected chi connectivity index (χ0v) is 17.2. The fourth-order valence-corrected chi connectivity index (χ4v) is 2.88. The maximum absolute atomic E-state index is 4.76. The minimum absolute atomic E-state index is 0. The maximum Gasteiger partial charge on any atom is 0.194 e. The first-order valence-corrected chi connectivity index (χ1v) is 8.35. The Morgan fingerprint density at radius 1 is 1.52 bits per heavy atom. The molecule has 0 saturated heterocycles. The van der Waals surface area contributed by atoms with Crippen LogP contribution >= 0.6 is 35.3 Å². The molecule has 0 amide bonds. The summed E-state index contributed by atoms with van der Waals surface area (Å²) in [5, 5.41) is 9.55. The molecular formula is C15H25IN6S. The monoisotopic (exact) mass is 448 g/mol. The van der Waals surface area contributed by atoms with Gasteiger partial charge in [-0.2, -0.15) is 5.10 Å². The molecule has 8 heteroatoms. The molecule has 0 aliphatic heterocycles. The summed E-state index contributed by atoms with van der Waals surface area (Å²) in [6, 6.07) is 4.26. The molecule has 1 atom stereocenters. The van der Waals surface area contributed by atoms with Gasteiger partial charge in [0.05, 0.1) is 13.1 Å². The van der Waals surface area contributed by atoms with Crippen LogP contribution < -0.4 is 5.32 Å². The van der Waals surface area contributed by atoms with E-state index in [1.165, 1.54) is 4.88 Å². The van der Waals surface area contributed by atoms with Crippen molar-refractivity contribution < 1.29 is 0 Å². The van der Waals surface area contributed by atoms with E-state index in [2.05, 4.69) is 51.7 Å². The lowest BCUT2D eigenvalue weighted by Gasteiger charge is -2.22. The van der Waals surface area contributed by atoms with Crippen molar-refractivity contribution in [2.75, 3.05) is 20.1 Å². The second kappa shape index (κ2) is 9.86. The van der Waals surface area contributed by atoms with Crippen molar-refractivity contribution in [3.63, 3.8) is 0 Å². The van der Waals surface area contributed by atoms with Gasteiger partial charge in [-0.3, -0.25) is 9.67 Å². The van der Waals surface area contributed by atoms with E-state index in [1.54, 1.807) is 22.3 Å². The van der Waals surface area contributed by atoms with Gasteiger partial charge in [0, 0.05) is 31.4 Å². The van der Waals surface area contributed by atoms with E-state index in [9.17, 15) is 0 Å². The van der Waals surface area contributed by atoms with Crippen molar-refractivity contribution in [1.82, 2.24) is 25.0 Å². The Balaban J connectivity index is 0.00000264. The number of aromatic nitrogens is 3.